The van der Waals surface area contributed by atoms with Crippen molar-refractivity contribution in [2.24, 2.45) is 4.99 Å². The second-order valence-corrected chi connectivity index (χ2v) is 4.90. The third kappa shape index (κ3) is 8.11. The smallest absolute Gasteiger partial charge is 0.241 e. The zero-order chi connectivity index (χ0) is 15.0. The highest BCUT2D eigenvalue weighted by atomic mass is 127. The first-order valence-corrected chi connectivity index (χ1v) is 6.87. The van der Waals surface area contributed by atoms with Gasteiger partial charge in [-0.25, -0.2) is 4.99 Å². The summed E-state index contributed by atoms with van der Waals surface area (Å²) in [6.07, 6.45) is 0. The van der Waals surface area contributed by atoms with E-state index in [1.165, 1.54) is 4.90 Å². The minimum atomic E-state index is 0. The number of hydrogen-bond donors (Lipinski definition) is 2. The molecule has 7 heteroatoms. The van der Waals surface area contributed by atoms with Crippen molar-refractivity contribution < 1.29 is 4.79 Å². The zero-order valence-corrected chi connectivity index (χ0v) is 15.6. The normalized spacial score (nSPS) is 10.6. The predicted octanol–water partition coefficient (Wildman–Crippen LogP) is 2.10. The predicted molar refractivity (Wildman–Crippen MR) is 98.4 cm³/mol. The minimum Gasteiger partial charge on any atom is -0.357 e. The Morgan fingerprint density at radius 2 is 1.86 bits per heavy atom. The molecule has 118 valence electrons. The van der Waals surface area contributed by atoms with Crippen LogP contribution in [-0.4, -0.2) is 44.0 Å². The summed E-state index contributed by atoms with van der Waals surface area (Å²) in [5.74, 6) is 0.625. The van der Waals surface area contributed by atoms with Crippen LogP contribution in [0.1, 0.15) is 12.5 Å². The number of amides is 1. The van der Waals surface area contributed by atoms with Crippen LogP contribution in [0.3, 0.4) is 0 Å². The van der Waals surface area contributed by atoms with Crippen LogP contribution in [0.5, 0.6) is 0 Å². The number of guanidine groups is 1. The number of aliphatic imine (C=N–C) groups is 1. The van der Waals surface area contributed by atoms with Crippen molar-refractivity contribution in [3.05, 3.63) is 34.9 Å². The van der Waals surface area contributed by atoms with Crippen LogP contribution in [0.2, 0.25) is 5.02 Å². The van der Waals surface area contributed by atoms with E-state index in [2.05, 4.69) is 15.6 Å². The number of halogens is 2. The van der Waals surface area contributed by atoms with Crippen LogP contribution in [0.25, 0.3) is 0 Å². The average molecular weight is 425 g/mol. The molecule has 1 rings (SSSR count). The van der Waals surface area contributed by atoms with Gasteiger partial charge in [0.05, 0.1) is 13.1 Å². The topological polar surface area (TPSA) is 56.7 Å². The van der Waals surface area contributed by atoms with Gasteiger partial charge in [-0.3, -0.25) is 4.79 Å². The standard InChI is InChI=1S/C14H21ClN4O.HI/c1-4-16-14(18-10-13(20)19(2)3)17-9-11-5-7-12(15)8-6-11;/h5-8H,4,9-10H2,1-3H3,(H2,16,17,18);1H. The SMILES string of the molecule is CCNC(=NCc1ccc(Cl)cc1)NCC(=O)N(C)C.I. The summed E-state index contributed by atoms with van der Waals surface area (Å²) in [6.45, 7) is 3.47. The maximum absolute atomic E-state index is 11.5. The van der Waals surface area contributed by atoms with E-state index in [-0.39, 0.29) is 36.4 Å². The van der Waals surface area contributed by atoms with E-state index in [1.807, 2.05) is 31.2 Å². The fourth-order valence-corrected chi connectivity index (χ4v) is 1.55. The van der Waals surface area contributed by atoms with Crippen LogP contribution >= 0.6 is 35.6 Å². The summed E-state index contributed by atoms with van der Waals surface area (Å²) in [5.41, 5.74) is 1.06. The molecule has 0 saturated carbocycles. The van der Waals surface area contributed by atoms with E-state index < -0.39 is 0 Å². The molecule has 0 unspecified atom stereocenters. The lowest BCUT2D eigenvalue weighted by Crippen LogP contribution is -2.42. The van der Waals surface area contributed by atoms with Gasteiger partial charge in [-0.15, -0.1) is 24.0 Å². The van der Waals surface area contributed by atoms with Crippen molar-refractivity contribution in [1.82, 2.24) is 15.5 Å². The summed E-state index contributed by atoms with van der Waals surface area (Å²) in [4.78, 5) is 17.5. The number of benzene rings is 1. The second-order valence-electron chi connectivity index (χ2n) is 4.46. The molecule has 2 N–H and O–H groups in total. The number of hydrogen-bond acceptors (Lipinski definition) is 2. The first kappa shape index (κ1) is 20.0. The third-order valence-electron chi connectivity index (χ3n) is 2.58. The number of carbonyl (C=O) groups is 1. The Hall–Kier alpha value is -1.02. The molecule has 0 bridgehead atoms. The highest BCUT2D eigenvalue weighted by Gasteiger charge is 2.05. The minimum absolute atomic E-state index is 0. The van der Waals surface area contributed by atoms with Crippen molar-refractivity contribution >= 4 is 47.4 Å². The van der Waals surface area contributed by atoms with Crippen LogP contribution in [0, 0.1) is 0 Å². The van der Waals surface area contributed by atoms with Crippen LogP contribution in [0.15, 0.2) is 29.3 Å². The van der Waals surface area contributed by atoms with E-state index in [9.17, 15) is 4.79 Å². The largest absolute Gasteiger partial charge is 0.357 e. The molecule has 0 atom stereocenters. The number of rotatable bonds is 5. The van der Waals surface area contributed by atoms with Crippen molar-refractivity contribution in [2.45, 2.75) is 13.5 Å². The lowest BCUT2D eigenvalue weighted by atomic mass is 10.2. The highest BCUT2D eigenvalue weighted by molar-refractivity contribution is 14.0. The van der Waals surface area contributed by atoms with Gasteiger partial charge in [0.1, 0.15) is 0 Å². The van der Waals surface area contributed by atoms with Crippen molar-refractivity contribution in [3.63, 3.8) is 0 Å². The van der Waals surface area contributed by atoms with E-state index in [0.29, 0.717) is 17.5 Å². The van der Waals surface area contributed by atoms with Crippen molar-refractivity contribution in [2.75, 3.05) is 27.2 Å². The van der Waals surface area contributed by atoms with Gasteiger partial charge < -0.3 is 15.5 Å². The van der Waals surface area contributed by atoms with Crippen molar-refractivity contribution in [1.29, 1.82) is 0 Å². The molecule has 1 amide bonds. The lowest BCUT2D eigenvalue weighted by molar-refractivity contribution is -0.127. The fraction of sp³-hybridized carbons (Fsp3) is 0.429. The van der Waals surface area contributed by atoms with Gasteiger partial charge >= 0.3 is 0 Å². The maximum atomic E-state index is 11.5. The molecule has 0 heterocycles. The van der Waals surface area contributed by atoms with Crippen LogP contribution < -0.4 is 10.6 Å². The molecule has 0 fully saturated rings. The third-order valence-corrected chi connectivity index (χ3v) is 2.84. The molecule has 0 saturated heterocycles. The maximum Gasteiger partial charge on any atom is 0.241 e. The molecule has 1 aromatic carbocycles. The van der Waals surface area contributed by atoms with Gasteiger partial charge in [0.15, 0.2) is 5.96 Å². The van der Waals surface area contributed by atoms with Crippen LogP contribution in [-0.2, 0) is 11.3 Å². The fourth-order valence-electron chi connectivity index (χ4n) is 1.42. The Balaban J connectivity index is 0.00000400. The van der Waals surface area contributed by atoms with Gasteiger partial charge in [-0.1, -0.05) is 23.7 Å². The van der Waals surface area contributed by atoms with Gasteiger partial charge in [-0.2, -0.15) is 0 Å². The summed E-state index contributed by atoms with van der Waals surface area (Å²) >= 11 is 5.84. The summed E-state index contributed by atoms with van der Waals surface area (Å²) in [6, 6.07) is 7.53. The molecule has 0 aliphatic carbocycles. The zero-order valence-electron chi connectivity index (χ0n) is 12.5. The number of carbonyl (C=O) groups excluding carboxylic acids is 1. The number of nitrogens with zero attached hydrogens (tertiary/aromatic N) is 2. The number of likely N-dealkylation sites (N-methyl/N-ethyl adjacent to an activating group) is 1. The lowest BCUT2D eigenvalue weighted by Gasteiger charge is -2.14. The Kier molecular flexibility index (Phi) is 10.2. The first-order chi connectivity index (χ1) is 9.52. The summed E-state index contributed by atoms with van der Waals surface area (Å²) in [5, 5.41) is 6.81. The van der Waals surface area contributed by atoms with E-state index >= 15 is 0 Å². The van der Waals surface area contributed by atoms with E-state index in [0.717, 1.165) is 12.1 Å². The van der Waals surface area contributed by atoms with Gasteiger partial charge in [0.25, 0.3) is 0 Å². The quantitative estimate of drug-likeness (QED) is 0.432. The van der Waals surface area contributed by atoms with Gasteiger partial charge in [0, 0.05) is 25.7 Å². The summed E-state index contributed by atoms with van der Waals surface area (Å²) < 4.78 is 0. The Morgan fingerprint density at radius 3 is 2.38 bits per heavy atom. The molecule has 0 aliphatic rings. The summed E-state index contributed by atoms with van der Waals surface area (Å²) in [7, 11) is 3.45. The molecule has 0 spiro atoms. The molecule has 0 radical (unpaired) electrons. The van der Waals surface area contributed by atoms with Gasteiger partial charge in [-0.05, 0) is 24.6 Å². The van der Waals surface area contributed by atoms with Crippen LogP contribution in [0.4, 0.5) is 0 Å². The molecule has 1 aromatic rings. The molecular weight excluding hydrogens is 403 g/mol. The Bertz CT molecular complexity index is 463. The molecule has 21 heavy (non-hydrogen) atoms. The van der Waals surface area contributed by atoms with Crippen molar-refractivity contribution in [3.8, 4) is 0 Å². The van der Waals surface area contributed by atoms with Gasteiger partial charge in [0.2, 0.25) is 5.91 Å². The van der Waals surface area contributed by atoms with E-state index in [1.54, 1.807) is 14.1 Å². The Labute approximate surface area is 148 Å². The number of nitrogens with one attached hydrogen (secondary N) is 2. The first-order valence-electron chi connectivity index (χ1n) is 6.49. The molecular formula is C14H22ClIN4O. The van der Waals surface area contributed by atoms with E-state index in [4.69, 9.17) is 11.6 Å². The molecule has 5 nitrogen and oxygen atoms in total. The monoisotopic (exact) mass is 424 g/mol. The molecule has 0 aliphatic heterocycles. The molecule has 0 aromatic heterocycles. The average Bonchev–Trinajstić information content (AvgIpc) is 2.43. The Morgan fingerprint density at radius 1 is 1.24 bits per heavy atom. The highest BCUT2D eigenvalue weighted by Crippen LogP contribution is 2.09. The second kappa shape index (κ2) is 10.7.